The Hall–Kier alpha value is -4.54. The molecule has 35 heavy (non-hydrogen) atoms. The normalized spacial score (nSPS) is 14.4. The van der Waals surface area contributed by atoms with Crippen molar-refractivity contribution in [2.45, 2.75) is 19.6 Å². The summed E-state index contributed by atoms with van der Waals surface area (Å²) < 4.78 is 26.2. The number of aromatic nitrogens is 4. The van der Waals surface area contributed by atoms with Crippen LogP contribution in [0.4, 0.5) is 4.39 Å². The van der Waals surface area contributed by atoms with Gasteiger partial charge in [-0.25, -0.2) is 9.07 Å². The Labute approximate surface area is 199 Å². The topological polar surface area (TPSA) is 115 Å². The summed E-state index contributed by atoms with van der Waals surface area (Å²) in [5.41, 5.74) is 2.09. The molecule has 0 radical (unpaired) electrons. The molecule has 0 saturated heterocycles. The number of carbonyl (C=O) groups excluding carboxylic acids is 2. The Bertz CT molecular complexity index is 1370. The van der Waals surface area contributed by atoms with E-state index in [2.05, 4.69) is 20.8 Å². The van der Waals surface area contributed by atoms with E-state index in [-0.39, 0.29) is 37.9 Å². The molecule has 4 aromatic rings. The smallest absolute Gasteiger partial charge is 0.293 e. The molecule has 1 aliphatic heterocycles. The Morgan fingerprint density at radius 3 is 2.83 bits per heavy atom. The summed E-state index contributed by atoms with van der Waals surface area (Å²) in [4.78, 5) is 27.2. The summed E-state index contributed by atoms with van der Waals surface area (Å²) >= 11 is 0. The molecule has 2 amide bonds. The SMILES string of the molecule is O=C1Cn2cc(nn2)CN(C(=O)c2cc(-c3cccc(F)c3)no2)Cc2ccccc2OCCN1. The van der Waals surface area contributed by atoms with Crippen LogP contribution in [0, 0.1) is 5.82 Å². The van der Waals surface area contributed by atoms with E-state index in [9.17, 15) is 14.0 Å². The van der Waals surface area contributed by atoms with Crippen LogP contribution in [0.2, 0.25) is 0 Å². The van der Waals surface area contributed by atoms with Gasteiger partial charge in [-0.15, -0.1) is 5.10 Å². The van der Waals surface area contributed by atoms with Gasteiger partial charge >= 0.3 is 0 Å². The number of rotatable bonds is 2. The Morgan fingerprint density at radius 2 is 1.94 bits per heavy atom. The first-order chi connectivity index (χ1) is 17.0. The molecule has 2 aromatic heterocycles. The molecule has 0 aliphatic carbocycles. The van der Waals surface area contributed by atoms with Crippen LogP contribution in [0.5, 0.6) is 5.75 Å². The van der Waals surface area contributed by atoms with Crippen LogP contribution in [0.3, 0.4) is 0 Å². The fourth-order valence-electron chi connectivity index (χ4n) is 3.73. The van der Waals surface area contributed by atoms with Gasteiger partial charge in [0.15, 0.2) is 0 Å². The standard InChI is InChI=1S/C24H21FN6O4/c25-18-6-3-5-16(10-18)20-11-22(35-28-20)24(33)30-12-17-4-1-2-7-21(17)34-9-8-26-23(32)15-31-14-19(13-30)27-29-31/h1-7,10-11,14H,8-9,12-13,15H2,(H,26,32). The molecular weight excluding hydrogens is 455 g/mol. The van der Waals surface area contributed by atoms with Gasteiger partial charge in [-0.3, -0.25) is 9.59 Å². The Morgan fingerprint density at radius 1 is 1.06 bits per heavy atom. The lowest BCUT2D eigenvalue weighted by Crippen LogP contribution is -2.32. The molecule has 0 atom stereocenters. The molecule has 11 heteroatoms. The number of hydrogen-bond donors (Lipinski definition) is 1. The summed E-state index contributed by atoms with van der Waals surface area (Å²) in [6.07, 6.45) is 1.62. The zero-order valence-corrected chi connectivity index (χ0v) is 18.6. The largest absolute Gasteiger partial charge is 0.491 e. The average molecular weight is 476 g/mol. The van der Waals surface area contributed by atoms with Crippen molar-refractivity contribution in [3.8, 4) is 17.0 Å². The third-order valence-corrected chi connectivity index (χ3v) is 5.39. The van der Waals surface area contributed by atoms with Crippen LogP contribution in [-0.4, -0.2) is 50.0 Å². The second kappa shape index (κ2) is 9.75. The van der Waals surface area contributed by atoms with Crippen LogP contribution in [0.15, 0.2) is 65.3 Å². The van der Waals surface area contributed by atoms with E-state index < -0.39 is 11.7 Å². The van der Waals surface area contributed by atoms with Gasteiger partial charge in [0.25, 0.3) is 5.91 Å². The van der Waals surface area contributed by atoms with Crippen molar-refractivity contribution in [3.05, 3.63) is 83.6 Å². The minimum absolute atomic E-state index is 0.00334. The summed E-state index contributed by atoms with van der Waals surface area (Å²) in [6, 6.07) is 14.7. The summed E-state index contributed by atoms with van der Waals surface area (Å²) in [5.74, 6) is -0.487. The first kappa shape index (κ1) is 22.3. The number of halogens is 1. The van der Waals surface area contributed by atoms with Gasteiger partial charge in [-0.05, 0) is 18.2 Å². The first-order valence-corrected chi connectivity index (χ1v) is 10.9. The molecule has 3 heterocycles. The van der Waals surface area contributed by atoms with Crippen LogP contribution in [0.25, 0.3) is 11.3 Å². The van der Waals surface area contributed by atoms with Crippen molar-refractivity contribution >= 4 is 11.8 Å². The third-order valence-electron chi connectivity index (χ3n) is 5.39. The fourth-order valence-corrected chi connectivity index (χ4v) is 3.73. The van der Waals surface area contributed by atoms with E-state index in [1.807, 2.05) is 18.2 Å². The lowest BCUT2D eigenvalue weighted by atomic mass is 10.1. The second-order valence-corrected chi connectivity index (χ2v) is 7.96. The van der Waals surface area contributed by atoms with Gasteiger partial charge in [0, 0.05) is 17.2 Å². The van der Waals surface area contributed by atoms with Crippen molar-refractivity contribution < 1.29 is 23.2 Å². The highest BCUT2D eigenvalue weighted by atomic mass is 19.1. The number of hydrogen-bond acceptors (Lipinski definition) is 7. The number of amides is 2. The lowest BCUT2D eigenvalue weighted by Gasteiger charge is -2.22. The molecule has 10 nitrogen and oxygen atoms in total. The minimum Gasteiger partial charge on any atom is -0.491 e. The van der Waals surface area contributed by atoms with E-state index in [1.165, 1.54) is 27.8 Å². The van der Waals surface area contributed by atoms with Crippen LogP contribution >= 0.6 is 0 Å². The fraction of sp³-hybridized carbons (Fsp3) is 0.208. The molecule has 0 fully saturated rings. The highest BCUT2D eigenvalue weighted by Gasteiger charge is 2.24. The van der Waals surface area contributed by atoms with Crippen LogP contribution in [0.1, 0.15) is 21.8 Å². The van der Waals surface area contributed by atoms with E-state index in [0.717, 1.165) is 5.56 Å². The molecule has 5 rings (SSSR count). The van der Waals surface area contributed by atoms with Crippen molar-refractivity contribution in [1.29, 1.82) is 0 Å². The van der Waals surface area contributed by atoms with Crippen molar-refractivity contribution in [3.63, 3.8) is 0 Å². The van der Waals surface area contributed by atoms with Gasteiger partial charge in [-0.2, -0.15) is 0 Å². The Balaban J connectivity index is 1.47. The number of ether oxygens (including phenoxy) is 1. The summed E-state index contributed by atoms with van der Waals surface area (Å²) in [5, 5.41) is 14.8. The predicted octanol–water partition coefficient (Wildman–Crippen LogP) is 2.42. The number of para-hydroxylation sites is 1. The first-order valence-electron chi connectivity index (χ1n) is 10.9. The number of fused-ring (bicyclic) bond motifs is 3. The van der Waals surface area contributed by atoms with Crippen molar-refractivity contribution in [2.75, 3.05) is 13.2 Å². The second-order valence-electron chi connectivity index (χ2n) is 7.96. The molecule has 1 aliphatic rings. The zero-order valence-electron chi connectivity index (χ0n) is 18.6. The number of carbonyl (C=O) groups is 2. The maximum absolute atomic E-state index is 13.6. The number of nitrogens with zero attached hydrogens (tertiary/aromatic N) is 5. The molecule has 2 bridgehead atoms. The maximum atomic E-state index is 13.6. The van der Waals surface area contributed by atoms with E-state index in [1.54, 1.807) is 24.4 Å². The average Bonchev–Trinajstić information content (AvgIpc) is 3.51. The lowest BCUT2D eigenvalue weighted by molar-refractivity contribution is -0.122. The Kier molecular flexibility index (Phi) is 6.20. The predicted molar refractivity (Wildman–Crippen MR) is 120 cm³/mol. The van der Waals surface area contributed by atoms with Crippen molar-refractivity contribution in [2.24, 2.45) is 0 Å². The van der Waals surface area contributed by atoms with Gasteiger partial charge in [0.1, 0.15) is 36.1 Å². The number of benzene rings is 2. The monoisotopic (exact) mass is 476 g/mol. The van der Waals surface area contributed by atoms with Gasteiger partial charge in [0.2, 0.25) is 11.7 Å². The maximum Gasteiger partial charge on any atom is 0.293 e. The van der Waals surface area contributed by atoms with Crippen LogP contribution in [-0.2, 0) is 24.4 Å². The van der Waals surface area contributed by atoms with Crippen LogP contribution < -0.4 is 10.1 Å². The minimum atomic E-state index is -0.436. The summed E-state index contributed by atoms with van der Waals surface area (Å²) in [6.45, 7) is 0.877. The molecule has 2 aromatic carbocycles. The quantitative estimate of drug-likeness (QED) is 0.472. The third kappa shape index (κ3) is 5.18. The molecule has 0 saturated carbocycles. The highest BCUT2D eigenvalue weighted by Crippen LogP contribution is 2.24. The van der Waals surface area contributed by atoms with E-state index in [4.69, 9.17) is 9.26 Å². The molecule has 0 spiro atoms. The number of nitrogens with one attached hydrogen (secondary N) is 1. The summed E-state index contributed by atoms with van der Waals surface area (Å²) in [7, 11) is 0. The molecule has 1 N–H and O–H groups in total. The highest BCUT2D eigenvalue weighted by molar-refractivity contribution is 5.92. The molecule has 0 unspecified atom stereocenters. The van der Waals surface area contributed by atoms with Gasteiger partial charge in [-0.1, -0.05) is 40.7 Å². The van der Waals surface area contributed by atoms with Gasteiger partial charge < -0.3 is 19.5 Å². The zero-order chi connectivity index (χ0) is 24.2. The van der Waals surface area contributed by atoms with Gasteiger partial charge in [0.05, 0.1) is 25.8 Å². The molecular formula is C24H21FN6O4. The van der Waals surface area contributed by atoms with E-state index in [0.29, 0.717) is 29.2 Å². The van der Waals surface area contributed by atoms with E-state index >= 15 is 0 Å². The molecule has 178 valence electrons. The van der Waals surface area contributed by atoms with Crippen molar-refractivity contribution in [1.82, 2.24) is 30.4 Å².